The number of aromatic nitrogens is 1. The van der Waals surface area contributed by atoms with E-state index in [-0.39, 0.29) is 0 Å². The number of nitrogens with zero attached hydrogens (tertiary/aromatic N) is 3. The van der Waals surface area contributed by atoms with Gasteiger partial charge >= 0.3 is 0 Å². The molecule has 5 heteroatoms. The molecule has 0 aromatic carbocycles. The molecule has 1 aromatic heterocycles. The number of anilines is 1. The van der Waals surface area contributed by atoms with Crippen LogP contribution < -0.4 is 4.90 Å². The molecule has 1 atom stereocenters. The van der Waals surface area contributed by atoms with Crippen molar-refractivity contribution in [3.8, 4) is 6.07 Å². The summed E-state index contributed by atoms with van der Waals surface area (Å²) in [5.41, 5.74) is 0.466. The van der Waals surface area contributed by atoms with E-state index in [1.54, 1.807) is 12.3 Å². The molecule has 96 valence electrons. The second-order valence-electron chi connectivity index (χ2n) is 4.57. The predicted octanol–water partition coefficient (Wildman–Crippen LogP) is 2.47. The van der Waals surface area contributed by atoms with Crippen LogP contribution in [0.1, 0.15) is 18.4 Å². The zero-order chi connectivity index (χ0) is 13.0. The molecule has 1 saturated heterocycles. The van der Waals surface area contributed by atoms with Gasteiger partial charge in [-0.3, -0.25) is 0 Å². The Morgan fingerprint density at radius 1 is 1.67 bits per heavy atom. The SMILES string of the molecule is CN(CC1CCCOC1)c1nccc(C#N)c1Cl. The predicted molar refractivity (Wildman–Crippen MR) is 70.8 cm³/mol. The molecule has 0 N–H and O–H groups in total. The Kier molecular flexibility index (Phi) is 4.40. The van der Waals surface area contributed by atoms with E-state index in [1.165, 1.54) is 6.42 Å². The second-order valence-corrected chi connectivity index (χ2v) is 4.95. The van der Waals surface area contributed by atoms with Crippen molar-refractivity contribution in [2.75, 3.05) is 31.7 Å². The summed E-state index contributed by atoms with van der Waals surface area (Å²) in [4.78, 5) is 6.26. The van der Waals surface area contributed by atoms with Gasteiger partial charge < -0.3 is 9.64 Å². The van der Waals surface area contributed by atoms with Crippen LogP contribution in [0, 0.1) is 17.2 Å². The Morgan fingerprint density at radius 3 is 3.17 bits per heavy atom. The lowest BCUT2D eigenvalue weighted by molar-refractivity contribution is 0.0576. The molecule has 2 heterocycles. The Labute approximate surface area is 112 Å². The molecule has 18 heavy (non-hydrogen) atoms. The van der Waals surface area contributed by atoms with Crippen molar-refractivity contribution in [3.05, 3.63) is 22.8 Å². The summed E-state index contributed by atoms with van der Waals surface area (Å²) in [6, 6.07) is 3.70. The lowest BCUT2D eigenvalue weighted by Crippen LogP contribution is -2.31. The van der Waals surface area contributed by atoms with Crippen LogP contribution in [0.5, 0.6) is 0 Å². The summed E-state index contributed by atoms with van der Waals surface area (Å²) in [6.45, 7) is 2.50. The Bertz CT molecular complexity index is 452. The molecule has 0 spiro atoms. The fraction of sp³-hybridized carbons (Fsp3) is 0.538. The minimum atomic E-state index is 0.430. The van der Waals surface area contributed by atoms with Gasteiger partial charge in [-0.15, -0.1) is 0 Å². The molecule has 2 rings (SSSR count). The third kappa shape index (κ3) is 2.92. The van der Waals surface area contributed by atoms with Gasteiger partial charge in [-0.25, -0.2) is 4.98 Å². The van der Waals surface area contributed by atoms with Crippen LogP contribution in [0.3, 0.4) is 0 Å². The molecule has 1 fully saturated rings. The average Bonchev–Trinajstić information content (AvgIpc) is 2.40. The van der Waals surface area contributed by atoms with Crippen molar-refractivity contribution in [2.45, 2.75) is 12.8 Å². The summed E-state index contributed by atoms with van der Waals surface area (Å²) < 4.78 is 5.46. The van der Waals surface area contributed by atoms with Crippen LogP contribution in [0.15, 0.2) is 12.3 Å². The first-order valence-corrected chi connectivity index (χ1v) is 6.43. The summed E-state index contributed by atoms with van der Waals surface area (Å²) >= 11 is 6.16. The van der Waals surface area contributed by atoms with Gasteiger partial charge in [0.05, 0.1) is 12.2 Å². The second kappa shape index (κ2) is 6.03. The standard InChI is InChI=1S/C13H16ClN3O/c1-17(8-10-3-2-6-18-9-10)13-12(14)11(7-15)4-5-16-13/h4-5,10H,2-3,6,8-9H2,1H3. The third-order valence-electron chi connectivity index (χ3n) is 3.14. The molecule has 1 unspecified atom stereocenters. The zero-order valence-corrected chi connectivity index (χ0v) is 11.2. The van der Waals surface area contributed by atoms with E-state index in [0.29, 0.717) is 22.3 Å². The number of hydrogen-bond donors (Lipinski definition) is 0. The van der Waals surface area contributed by atoms with Crippen LogP contribution >= 0.6 is 11.6 Å². The number of hydrogen-bond acceptors (Lipinski definition) is 4. The van der Waals surface area contributed by atoms with E-state index in [4.69, 9.17) is 21.6 Å². The maximum atomic E-state index is 8.95. The molecule has 0 bridgehead atoms. The zero-order valence-electron chi connectivity index (χ0n) is 10.4. The van der Waals surface area contributed by atoms with Crippen molar-refractivity contribution < 1.29 is 4.74 Å². The van der Waals surface area contributed by atoms with Crippen LogP contribution in [0.4, 0.5) is 5.82 Å². The van der Waals surface area contributed by atoms with Gasteiger partial charge in [0.2, 0.25) is 0 Å². The van der Waals surface area contributed by atoms with Crippen molar-refractivity contribution in [2.24, 2.45) is 5.92 Å². The monoisotopic (exact) mass is 265 g/mol. The fourth-order valence-corrected chi connectivity index (χ4v) is 2.51. The molecular weight excluding hydrogens is 250 g/mol. The largest absolute Gasteiger partial charge is 0.381 e. The number of pyridine rings is 1. The highest BCUT2D eigenvalue weighted by molar-refractivity contribution is 6.34. The van der Waals surface area contributed by atoms with Gasteiger partial charge in [0.15, 0.2) is 0 Å². The van der Waals surface area contributed by atoms with Crippen molar-refractivity contribution in [3.63, 3.8) is 0 Å². The lowest BCUT2D eigenvalue weighted by Gasteiger charge is -2.28. The minimum absolute atomic E-state index is 0.430. The van der Waals surface area contributed by atoms with Crippen LogP contribution in [-0.2, 0) is 4.74 Å². The first-order chi connectivity index (χ1) is 8.72. The van der Waals surface area contributed by atoms with Crippen LogP contribution in [0.2, 0.25) is 5.02 Å². The van der Waals surface area contributed by atoms with Gasteiger partial charge in [0.1, 0.15) is 16.9 Å². The lowest BCUT2D eigenvalue weighted by atomic mass is 10.0. The number of halogens is 1. The highest BCUT2D eigenvalue weighted by Crippen LogP contribution is 2.27. The van der Waals surface area contributed by atoms with E-state index < -0.39 is 0 Å². The van der Waals surface area contributed by atoms with Crippen molar-refractivity contribution >= 4 is 17.4 Å². The maximum Gasteiger partial charge on any atom is 0.148 e. The Morgan fingerprint density at radius 2 is 2.50 bits per heavy atom. The molecule has 0 aliphatic carbocycles. The Balaban J connectivity index is 2.08. The topological polar surface area (TPSA) is 49.1 Å². The minimum Gasteiger partial charge on any atom is -0.381 e. The van der Waals surface area contributed by atoms with E-state index in [0.717, 1.165) is 26.2 Å². The molecule has 0 radical (unpaired) electrons. The maximum absolute atomic E-state index is 8.95. The van der Waals surface area contributed by atoms with Gasteiger partial charge in [-0.1, -0.05) is 11.6 Å². The highest BCUT2D eigenvalue weighted by Gasteiger charge is 2.18. The molecule has 1 aliphatic heterocycles. The molecule has 1 aromatic rings. The van der Waals surface area contributed by atoms with E-state index >= 15 is 0 Å². The summed E-state index contributed by atoms with van der Waals surface area (Å²) in [6.07, 6.45) is 3.89. The number of rotatable bonds is 3. The van der Waals surface area contributed by atoms with E-state index in [1.807, 2.05) is 11.9 Å². The van der Waals surface area contributed by atoms with Crippen LogP contribution in [-0.4, -0.2) is 31.8 Å². The van der Waals surface area contributed by atoms with Crippen molar-refractivity contribution in [1.82, 2.24) is 4.98 Å². The Hall–Kier alpha value is -1.31. The summed E-state index contributed by atoms with van der Waals surface area (Å²) in [7, 11) is 1.95. The van der Waals surface area contributed by atoms with E-state index in [2.05, 4.69) is 11.1 Å². The smallest absolute Gasteiger partial charge is 0.148 e. The van der Waals surface area contributed by atoms with Crippen LogP contribution in [0.25, 0.3) is 0 Å². The van der Waals surface area contributed by atoms with Crippen molar-refractivity contribution in [1.29, 1.82) is 5.26 Å². The highest BCUT2D eigenvalue weighted by atomic mass is 35.5. The van der Waals surface area contributed by atoms with Gasteiger partial charge in [-0.05, 0) is 24.8 Å². The quantitative estimate of drug-likeness (QED) is 0.842. The first-order valence-electron chi connectivity index (χ1n) is 6.06. The molecule has 0 saturated carbocycles. The van der Waals surface area contributed by atoms with Gasteiger partial charge in [0, 0.05) is 26.4 Å². The number of ether oxygens (including phenoxy) is 1. The first kappa shape index (κ1) is 13.1. The number of nitriles is 1. The normalized spacial score (nSPS) is 19.3. The fourth-order valence-electron chi connectivity index (χ4n) is 2.21. The summed E-state index contributed by atoms with van der Waals surface area (Å²) in [5.74, 6) is 1.17. The molecule has 4 nitrogen and oxygen atoms in total. The summed E-state index contributed by atoms with van der Waals surface area (Å²) in [5, 5.41) is 9.38. The molecule has 1 aliphatic rings. The van der Waals surface area contributed by atoms with Gasteiger partial charge in [-0.2, -0.15) is 5.26 Å². The molecule has 0 amide bonds. The van der Waals surface area contributed by atoms with Gasteiger partial charge in [0.25, 0.3) is 0 Å². The van der Waals surface area contributed by atoms with E-state index in [9.17, 15) is 0 Å². The average molecular weight is 266 g/mol. The third-order valence-corrected chi connectivity index (χ3v) is 3.51. The molecular formula is C13H16ClN3O.